The molecule has 1 N–H and O–H groups in total. The molecule has 2 rings (SSSR count). The van der Waals surface area contributed by atoms with Gasteiger partial charge in [-0.1, -0.05) is 12.1 Å². The normalized spacial score (nSPS) is 20.2. The highest BCUT2D eigenvalue weighted by Crippen LogP contribution is 2.37. The van der Waals surface area contributed by atoms with Crippen LogP contribution in [0.25, 0.3) is 0 Å². The maximum atomic E-state index is 12.2. The van der Waals surface area contributed by atoms with Crippen LogP contribution >= 0.6 is 0 Å². The number of benzene rings is 1. The van der Waals surface area contributed by atoms with Crippen LogP contribution in [0.1, 0.15) is 57.9 Å². The Bertz CT molecular complexity index is 652. The Morgan fingerprint density at radius 1 is 1.00 bits per heavy atom. The smallest absolute Gasteiger partial charge is 0.396 e. The standard InChI is InChI=1S/C20H27NO5/c1-20(2,3)26-18(23)15-7-5-13(6-8-15)14-9-11-16(12-10-14)21-17(22)19(24)25-4/h9-13,15H,5-8H2,1-4H3,(H,21,22)/t13-,15-. The Balaban J connectivity index is 1.88. The molecule has 6 heteroatoms. The van der Waals surface area contributed by atoms with Crippen LogP contribution in [0.5, 0.6) is 0 Å². The van der Waals surface area contributed by atoms with Gasteiger partial charge >= 0.3 is 17.8 Å². The molecule has 1 aromatic rings. The Hall–Kier alpha value is -2.37. The lowest BCUT2D eigenvalue weighted by atomic mass is 9.78. The van der Waals surface area contributed by atoms with Crippen LogP contribution in [0, 0.1) is 5.92 Å². The molecule has 0 atom stereocenters. The van der Waals surface area contributed by atoms with E-state index in [1.54, 1.807) is 12.1 Å². The molecule has 0 bridgehead atoms. The molecule has 1 saturated carbocycles. The fourth-order valence-electron chi connectivity index (χ4n) is 3.16. The molecule has 1 fully saturated rings. The highest BCUT2D eigenvalue weighted by molar-refractivity contribution is 6.37. The van der Waals surface area contributed by atoms with Crippen molar-refractivity contribution in [1.82, 2.24) is 0 Å². The van der Waals surface area contributed by atoms with E-state index in [2.05, 4.69) is 10.1 Å². The predicted molar refractivity (Wildman–Crippen MR) is 97.6 cm³/mol. The van der Waals surface area contributed by atoms with Gasteiger partial charge in [0.05, 0.1) is 13.0 Å². The molecule has 1 amide bonds. The van der Waals surface area contributed by atoms with Crippen LogP contribution in [0.2, 0.25) is 0 Å². The van der Waals surface area contributed by atoms with Crippen LogP contribution in [-0.2, 0) is 23.9 Å². The second-order valence-corrected chi connectivity index (χ2v) is 7.65. The summed E-state index contributed by atoms with van der Waals surface area (Å²) in [7, 11) is 1.17. The Labute approximate surface area is 154 Å². The molecule has 0 radical (unpaired) electrons. The van der Waals surface area contributed by atoms with E-state index in [1.807, 2.05) is 32.9 Å². The van der Waals surface area contributed by atoms with Crippen molar-refractivity contribution in [3.8, 4) is 0 Å². The molecule has 0 saturated heterocycles. The van der Waals surface area contributed by atoms with Gasteiger partial charge in [0.15, 0.2) is 0 Å². The summed E-state index contributed by atoms with van der Waals surface area (Å²) in [5.41, 5.74) is 1.27. The summed E-state index contributed by atoms with van der Waals surface area (Å²) in [5.74, 6) is -1.45. The summed E-state index contributed by atoms with van der Waals surface area (Å²) in [4.78, 5) is 34.8. The fraction of sp³-hybridized carbons (Fsp3) is 0.550. The van der Waals surface area contributed by atoms with Gasteiger partial charge in [0.1, 0.15) is 5.60 Å². The molecule has 1 aromatic carbocycles. The molecule has 0 aromatic heterocycles. The predicted octanol–water partition coefficient (Wildman–Crippen LogP) is 3.41. The number of nitrogens with one attached hydrogen (secondary N) is 1. The third-order valence-corrected chi connectivity index (χ3v) is 4.48. The SMILES string of the molecule is COC(=O)C(=O)Nc1ccc([C@H]2CC[C@H](C(=O)OC(C)(C)C)CC2)cc1. The van der Waals surface area contributed by atoms with E-state index in [4.69, 9.17) is 4.74 Å². The average Bonchev–Trinajstić information content (AvgIpc) is 2.60. The van der Waals surface area contributed by atoms with E-state index < -0.39 is 17.5 Å². The van der Waals surface area contributed by atoms with Crippen molar-refractivity contribution >= 4 is 23.5 Å². The van der Waals surface area contributed by atoms with Gasteiger partial charge < -0.3 is 14.8 Å². The van der Waals surface area contributed by atoms with Crippen LogP contribution < -0.4 is 5.32 Å². The first-order valence-electron chi connectivity index (χ1n) is 8.91. The molecule has 0 aliphatic heterocycles. The van der Waals surface area contributed by atoms with E-state index in [0.29, 0.717) is 11.6 Å². The molecule has 1 aliphatic carbocycles. The third kappa shape index (κ3) is 5.58. The monoisotopic (exact) mass is 361 g/mol. The van der Waals surface area contributed by atoms with E-state index >= 15 is 0 Å². The number of rotatable bonds is 3. The number of carbonyl (C=O) groups is 3. The third-order valence-electron chi connectivity index (χ3n) is 4.48. The summed E-state index contributed by atoms with van der Waals surface area (Å²) in [5, 5.41) is 2.49. The van der Waals surface area contributed by atoms with Gasteiger partial charge in [0.2, 0.25) is 0 Å². The summed E-state index contributed by atoms with van der Waals surface area (Å²) < 4.78 is 9.86. The molecule has 1 aliphatic rings. The number of ether oxygens (including phenoxy) is 2. The lowest BCUT2D eigenvalue weighted by Crippen LogP contribution is -2.30. The summed E-state index contributed by atoms with van der Waals surface area (Å²) in [6, 6.07) is 7.45. The van der Waals surface area contributed by atoms with Gasteiger partial charge in [-0.05, 0) is 70.1 Å². The second kappa shape index (κ2) is 8.34. The second-order valence-electron chi connectivity index (χ2n) is 7.65. The van der Waals surface area contributed by atoms with E-state index in [-0.39, 0.29) is 11.9 Å². The number of anilines is 1. The molecular weight excluding hydrogens is 334 g/mol. The van der Waals surface area contributed by atoms with Gasteiger partial charge in [0, 0.05) is 5.69 Å². The molecule has 0 heterocycles. The zero-order chi connectivity index (χ0) is 19.3. The largest absolute Gasteiger partial charge is 0.462 e. The van der Waals surface area contributed by atoms with Gasteiger partial charge in [-0.3, -0.25) is 9.59 Å². The maximum absolute atomic E-state index is 12.2. The number of hydrogen-bond donors (Lipinski definition) is 1. The molecule has 6 nitrogen and oxygen atoms in total. The van der Waals surface area contributed by atoms with Gasteiger partial charge in [-0.25, -0.2) is 4.79 Å². The zero-order valence-electron chi connectivity index (χ0n) is 15.8. The van der Waals surface area contributed by atoms with Crippen LogP contribution in [0.4, 0.5) is 5.69 Å². The fourth-order valence-corrected chi connectivity index (χ4v) is 3.16. The van der Waals surface area contributed by atoms with E-state index in [9.17, 15) is 14.4 Å². The molecular formula is C20H27NO5. The van der Waals surface area contributed by atoms with Crippen molar-refractivity contribution in [1.29, 1.82) is 0 Å². The highest BCUT2D eigenvalue weighted by atomic mass is 16.6. The van der Waals surface area contributed by atoms with Crippen LogP contribution in [0.15, 0.2) is 24.3 Å². The Morgan fingerprint density at radius 3 is 2.08 bits per heavy atom. The van der Waals surface area contributed by atoms with E-state index in [1.165, 1.54) is 12.7 Å². The Kier molecular flexibility index (Phi) is 6.40. The number of methoxy groups -OCH3 is 1. The van der Waals surface area contributed by atoms with Crippen molar-refractivity contribution < 1.29 is 23.9 Å². The van der Waals surface area contributed by atoms with Gasteiger partial charge in [-0.2, -0.15) is 0 Å². The summed E-state index contributed by atoms with van der Waals surface area (Å²) >= 11 is 0. The van der Waals surface area contributed by atoms with Gasteiger partial charge in [-0.15, -0.1) is 0 Å². The molecule has 0 spiro atoms. The molecule has 142 valence electrons. The lowest BCUT2D eigenvalue weighted by Gasteiger charge is -2.30. The van der Waals surface area contributed by atoms with Crippen molar-refractivity contribution in [2.24, 2.45) is 5.92 Å². The van der Waals surface area contributed by atoms with Crippen LogP contribution in [0.3, 0.4) is 0 Å². The Morgan fingerprint density at radius 2 is 1.58 bits per heavy atom. The zero-order valence-corrected chi connectivity index (χ0v) is 15.8. The molecule has 26 heavy (non-hydrogen) atoms. The number of amides is 1. The van der Waals surface area contributed by atoms with Crippen molar-refractivity contribution in [2.75, 3.05) is 12.4 Å². The first-order valence-corrected chi connectivity index (χ1v) is 8.91. The summed E-state index contributed by atoms with van der Waals surface area (Å²) in [6.07, 6.45) is 3.50. The maximum Gasteiger partial charge on any atom is 0.396 e. The van der Waals surface area contributed by atoms with Crippen LogP contribution in [-0.4, -0.2) is 30.6 Å². The topological polar surface area (TPSA) is 81.7 Å². The minimum absolute atomic E-state index is 0.0240. The highest BCUT2D eigenvalue weighted by Gasteiger charge is 2.30. The molecule has 0 unspecified atom stereocenters. The number of esters is 2. The number of carbonyl (C=O) groups excluding carboxylic acids is 3. The van der Waals surface area contributed by atoms with Crippen molar-refractivity contribution in [2.45, 2.75) is 58.0 Å². The first-order chi connectivity index (χ1) is 12.2. The van der Waals surface area contributed by atoms with Gasteiger partial charge in [0.25, 0.3) is 0 Å². The first kappa shape index (κ1) is 19.9. The lowest BCUT2D eigenvalue weighted by molar-refractivity contribution is -0.161. The van der Waals surface area contributed by atoms with Crippen molar-refractivity contribution in [3.63, 3.8) is 0 Å². The average molecular weight is 361 g/mol. The minimum Gasteiger partial charge on any atom is -0.462 e. The van der Waals surface area contributed by atoms with E-state index in [0.717, 1.165) is 25.7 Å². The van der Waals surface area contributed by atoms with Crippen molar-refractivity contribution in [3.05, 3.63) is 29.8 Å². The summed E-state index contributed by atoms with van der Waals surface area (Å²) in [6.45, 7) is 5.66. The quantitative estimate of drug-likeness (QED) is 0.659. The minimum atomic E-state index is -0.922. The number of hydrogen-bond acceptors (Lipinski definition) is 5.